The number of aryl methyl sites for hydroxylation is 2. The largest absolute Gasteiger partial charge is 0.331 e. The van der Waals surface area contributed by atoms with E-state index in [2.05, 4.69) is 10.1 Å². The van der Waals surface area contributed by atoms with Gasteiger partial charge in [0.25, 0.3) is 0 Å². The molecule has 0 aliphatic heterocycles. The molecule has 5 nitrogen and oxygen atoms in total. The molecule has 0 saturated heterocycles. The number of imidazole rings is 1. The molecular weight excluding hydrogens is 180 g/mol. The normalized spacial score (nSPS) is 10.4. The van der Waals surface area contributed by atoms with Gasteiger partial charge in [-0.05, 0) is 0 Å². The zero-order valence-corrected chi connectivity index (χ0v) is 8.01. The van der Waals surface area contributed by atoms with Gasteiger partial charge in [-0.1, -0.05) is 0 Å². The third kappa shape index (κ3) is 1.32. The summed E-state index contributed by atoms with van der Waals surface area (Å²) in [4.78, 5) is 15.7. The van der Waals surface area contributed by atoms with Crippen molar-refractivity contribution in [2.24, 2.45) is 14.1 Å². The van der Waals surface area contributed by atoms with Gasteiger partial charge < -0.3 is 4.57 Å². The highest BCUT2D eigenvalue weighted by molar-refractivity contribution is 6.07. The Labute approximate surface area is 81.0 Å². The van der Waals surface area contributed by atoms with Gasteiger partial charge in [0.2, 0.25) is 5.78 Å². The van der Waals surface area contributed by atoms with E-state index in [-0.39, 0.29) is 5.78 Å². The van der Waals surface area contributed by atoms with Crippen molar-refractivity contribution in [2.45, 2.75) is 0 Å². The second-order valence-corrected chi connectivity index (χ2v) is 3.12. The van der Waals surface area contributed by atoms with E-state index < -0.39 is 0 Å². The zero-order chi connectivity index (χ0) is 10.1. The second kappa shape index (κ2) is 3.10. The first-order valence-electron chi connectivity index (χ1n) is 4.18. The third-order valence-electron chi connectivity index (χ3n) is 2.02. The molecule has 2 aromatic rings. The summed E-state index contributed by atoms with van der Waals surface area (Å²) >= 11 is 0. The highest BCUT2D eigenvalue weighted by Crippen LogP contribution is 2.06. The third-order valence-corrected chi connectivity index (χ3v) is 2.02. The summed E-state index contributed by atoms with van der Waals surface area (Å²) in [5, 5.41) is 3.94. The van der Waals surface area contributed by atoms with Gasteiger partial charge in [0.15, 0.2) is 0 Å². The SMILES string of the molecule is Cn1cc(C(=O)c2cncn2C)cn1. The van der Waals surface area contributed by atoms with Crippen molar-refractivity contribution in [3.8, 4) is 0 Å². The molecule has 0 aromatic carbocycles. The smallest absolute Gasteiger partial charge is 0.214 e. The minimum absolute atomic E-state index is 0.0573. The van der Waals surface area contributed by atoms with Crippen molar-refractivity contribution >= 4 is 5.78 Å². The maximum absolute atomic E-state index is 11.8. The van der Waals surface area contributed by atoms with E-state index in [1.807, 2.05) is 0 Å². The molecule has 0 aliphatic rings. The van der Waals surface area contributed by atoms with Crippen molar-refractivity contribution < 1.29 is 4.79 Å². The molecule has 0 atom stereocenters. The molecule has 0 fully saturated rings. The molecule has 0 aliphatic carbocycles. The molecule has 72 valence electrons. The van der Waals surface area contributed by atoms with Crippen LogP contribution < -0.4 is 0 Å². The molecule has 14 heavy (non-hydrogen) atoms. The lowest BCUT2D eigenvalue weighted by atomic mass is 10.2. The van der Waals surface area contributed by atoms with Gasteiger partial charge >= 0.3 is 0 Å². The predicted molar refractivity (Wildman–Crippen MR) is 49.8 cm³/mol. The minimum Gasteiger partial charge on any atom is -0.331 e. The fourth-order valence-corrected chi connectivity index (χ4v) is 1.26. The molecule has 0 amide bonds. The van der Waals surface area contributed by atoms with Gasteiger partial charge in [0.05, 0.1) is 24.3 Å². The van der Waals surface area contributed by atoms with Crippen LogP contribution in [0.4, 0.5) is 0 Å². The van der Waals surface area contributed by atoms with Crippen LogP contribution in [0.5, 0.6) is 0 Å². The highest BCUT2D eigenvalue weighted by Gasteiger charge is 2.13. The summed E-state index contributed by atoms with van der Waals surface area (Å²) < 4.78 is 3.29. The van der Waals surface area contributed by atoms with E-state index >= 15 is 0 Å². The van der Waals surface area contributed by atoms with E-state index in [0.29, 0.717) is 11.3 Å². The summed E-state index contributed by atoms with van der Waals surface area (Å²) in [6, 6.07) is 0. The van der Waals surface area contributed by atoms with Crippen LogP contribution in [0.25, 0.3) is 0 Å². The Kier molecular flexibility index (Phi) is 1.92. The van der Waals surface area contributed by atoms with E-state index in [4.69, 9.17) is 0 Å². The van der Waals surface area contributed by atoms with Crippen LogP contribution in [0.1, 0.15) is 16.1 Å². The maximum atomic E-state index is 11.8. The molecule has 0 spiro atoms. The molecule has 2 rings (SSSR count). The van der Waals surface area contributed by atoms with Crippen LogP contribution in [0.15, 0.2) is 24.9 Å². The van der Waals surface area contributed by atoms with E-state index in [1.54, 1.807) is 48.3 Å². The standard InChI is InChI=1S/C9H10N4O/c1-12-6-10-4-8(12)9(14)7-3-11-13(2)5-7/h3-6H,1-2H3. The fourth-order valence-electron chi connectivity index (χ4n) is 1.26. The van der Waals surface area contributed by atoms with Crippen molar-refractivity contribution in [1.29, 1.82) is 0 Å². The number of hydrogen-bond donors (Lipinski definition) is 0. The summed E-state index contributed by atoms with van der Waals surface area (Å²) in [5.41, 5.74) is 1.15. The zero-order valence-electron chi connectivity index (χ0n) is 8.01. The first-order valence-corrected chi connectivity index (χ1v) is 4.18. The molecule has 0 bridgehead atoms. The van der Waals surface area contributed by atoms with E-state index in [9.17, 15) is 4.79 Å². The summed E-state index contributed by atoms with van der Waals surface area (Å²) in [6.07, 6.45) is 6.39. The van der Waals surface area contributed by atoms with Crippen molar-refractivity contribution in [1.82, 2.24) is 19.3 Å². The Morgan fingerprint density at radius 1 is 1.36 bits per heavy atom. The number of nitrogens with zero attached hydrogens (tertiary/aromatic N) is 4. The van der Waals surface area contributed by atoms with Crippen molar-refractivity contribution in [2.75, 3.05) is 0 Å². The minimum atomic E-state index is -0.0573. The van der Waals surface area contributed by atoms with Crippen molar-refractivity contribution in [3.63, 3.8) is 0 Å². The predicted octanol–water partition coefficient (Wildman–Crippen LogP) is 0.385. The number of hydrogen-bond acceptors (Lipinski definition) is 3. The Bertz CT molecular complexity index is 469. The van der Waals surface area contributed by atoms with Crippen LogP contribution in [0.2, 0.25) is 0 Å². The first-order chi connectivity index (χ1) is 6.68. The topological polar surface area (TPSA) is 52.7 Å². The maximum Gasteiger partial charge on any atom is 0.214 e. The molecule has 2 aromatic heterocycles. The number of carbonyl (C=O) groups is 1. The lowest BCUT2D eigenvalue weighted by Gasteiger charge is -1.97. The average molecular weight is 190 g/mol. The summed E-state index contributed by atoms with van der Waals surface area (Å²) in [7, 11) is 3.57. The van der Waals surface area contributed by atoms with Crippen molar-refractivity contribution in [3.05, 3.63) is 36.2 Å². The van der Waals surface area contributed by atoms with Gasteiger partial charge in [-0.25, -0.2) is 4.98 Å². The van der Waals surface area contributed by atoms with Gasteiger partial charge in [0.1, 0.15) is 5.69 Å². The van der Waals surface area contributed by atoms with Gasteiger partial charge in [-0.3, -0.25) is 9.48 Å². The number of rotatable bonds is 2. The lowest BCUT2D eigenvalue weighted by Crippen LogP contribution is -2.05. The molecule has 5 heteroatoms. The summed E-state index contributed by atoms with van der Waals surface area (Å²) in [6.45, 7) is 0. The highest BCUT2D eigenvalue weighted by atomic mass is 16.1. The monoisotopic (exact) mass is 190 g/mol. The van der Waals surface area contributed by atoms with Gasteiger partial charge in [-0.2, -0.15) is 5.10 Å². The van der Waals surface area contributed by atoms with Crippen LogP contribution in [0.3, 0.4) is 0 Å². The van der Waals surface area contributed by atoms with Gasteiger partial charge in [-0.15, -0.1) is 0 Å². The molecular formula is C9H10N4O. The molecule has 0 radical (unpaired) electrons. The van der Waals surface area contributed by atoms with E-state index in [0.717, 1.165) is 0 Å². The molecule has 2 heterocycles. The Morgan fingerprint density at radius 2 is 2.14 bits per heavy atom. The van der Waals surface area contributed by atoms with Crippen LogP contribution in [0, 0.1) is 0 Å². The quantitative estimate of drug-likeness (QED) is 0.643. The lowest BCUT2D eigenvalue weighted by molar-refractivity contribution is 0.103. The van der Waals surface area contributed by atoms with E-state index in [1.165, 1.54) is 0 Å². The second-order valence-electron chi connectivity index (χ2n) is 3.12. The molecule has 0 unspecified atom stereocenters. The average Bonchev–Trinajstić information content (AvgIpc) is 2.73. The van der Waals surface area contributed by atoms with Crippen LogP contribution in [-0.4, -0.2) is 25.1 Å². The number of aromatic nitrogens is 4. The molecule has 0 saturated carbocycles. The van der Waals surface area contributed by atoms with Crippen LogP contribution >= 0.6 is 0 Å². The van der Waals surface area contributed by atoms with Crippen LogP contribution in [-0.2, 0) is 14.1 Å². The Hall–Kier alpha value is -1.91. The molecule has 0 N–H and O–H groups in total. The van der Waals surface area contributed by atoms with Gasteiger partial charge in [0, 0.05) is 20.3 Å². The summed E-state index contributed by atoms with van der Waals surface area (Å²) in [5.74, 6) is -0.0573. The number of carbonyl (C=O) groups excluding carboxylic acids is 1. The number of ketones is 1. The first kappa shape index (κ1) is 8.68. The fraction of sp³-hybridized carbons (Fsp3) is 0.222. The Morgan fingerprint density at radius 3 is 2.64 bits per heavy atom. The Balaban J connectivity index is 2.38.